The van der Waals surface area contributed by atoms with Crippen LogP contribution in [-0.4, -0.2) is 9.97 Å². The smallest absolute Gasteiger partial charge is 0.252 e. The lowest BCUT2D eigenvalue weighted by Gasteiger charge is -2.09. The molecule has 0 atom stereocenters. The van der Waals surface area contributed by atoms with Crippen LogP contribution < -0.4 is 10.9 Å². The fraction of sp³-hybridized carbons (Fsp3) is 0.286. The third-order valence-electron chi connectivity index (χ3n) is 2.63. The maximum atomic E-state index is 11.5. The molecule has 0 spiro atoms. The SMILES string of the molecule is Cc1cccc(Nc2nc(C(C)C)cc(=O)[nH]2)c1. The van der Waals surface area contributed by atoms with E-state index in [1.54, 1.807) is 0 Å². The van der Waals surface area contributed by atoms with Crippen molar-refractivity contribution in [3.05, 3.63) is 51.9 Å². The molecule has 0 bridgehead atoms. The highest BCUT2D eigenvalue weighted by atomic mass is 16.1. The lowest BCUT2D eigenvalue weighted by molar-refractivity contribution is 0.812. The normalized spacial score (nSPS) is 10.7. The molecule has 2 N–H and O–H groups in total. The average molecular weight is 243 g/mol. The van der Waals surface area contributed by atoms with Crippen LogP contribution >= 0.6 is 0 Å². The number of anilines is 2. The number of aromatic amines is 1. The van der Waals surface area contributed by atoms with E-state index >= 15 is 0 Å². The molecule has 4 nitrogen and oxygen atoms in total. The van der Waals surface area contributed by atoms with Gasteiger partial charge in [-0.15, -0.1) is 0 Å². The molecule has 0 saturated carbocycles. The Bertz CT molecular complexity index is 602. The van der Waals surface area contributed by atoms with Crippen LogP contribution in [0.3, 0.4) is 0 Å². The number of aryl methyl sites for hydroxylation is 1. The van der Waals surface area contributed by atoms with E-state index in [-0.39, 0.29) is 11.5 Å². The number of hydrogen-bond donors (Lipinski definition) is 2. The van der Waals surface area contributed by atoms with Crippen LogP contribution in [0.15, 0.2) is 35.1 Å². The summed E-state index contributed by atoms with van der Waals surface area (Å²) in [6.07, 6.45) is 0. The van der Waals surface area contributed by atoms with Gasteiger partial charge in [-0.05, 0) is 30.5 Å². The summed E-state index contributed by atoms with van der Waals surface area (Å²) >= 11 is 0. The van der Waals surface area contributed by atoms with Gasteiger partial charge in [0.1, 0.15) is 0 Å². The lowest BCUT2D eigenvalue weighted by atomic mass is 10.1. The molecule has 0 saturated heterocycles. The van der Waals surface area contributed by atoms with E-state index in [1.165, 1.54) is 6.07 Å². The second-order valence-corrected chi connectivity index (χ2v) is 4.67. The van der Waals surface area contributed by atoms with E-state index in [4.69, 9.17) is 0 Å². The fourth-order valence-corrected chi connectivity index (χ4v) is 1.69. The minimum atomic E-state index is -0.135. The molecule has 94 valence electrons. The first-order chi connectivity index (χ1) is 8.54. The van der Waals surface area contributed by atoms with Crippen LogP contribution in [0.5, 0.6) is 0 Å². The van der Waals surface area contributed by atoms with Gasteiger partial charge in [0.05, 0.1) is 5.69 Å². The quantitative estimate of drug-likeness (QED) is 0.871. The van der Waals surface area contributed by atoms with Gasteiger partial charge in [-0.1, -0.05) is 26.0 Å². The largest absolute Gasteiger partial charge is 0.326 e. The number of nitrogens with zero attached hydrogens (tertiary/aromatic N) is 1. The summed E-state index contributed by atoms with van der Waals surface area (Å²) in [7, 11) is 0. The third kappa shape index (κ3) is 2.97. The Morgan fingerprint density at radius 1 is 1.28 bits per heavy atom. The molecule has 0 radical (unpaired) electrons. The number of hydrogen-bond acceptors (Lipinski definition) is 3. The zero-order chi connectivity index (χ0) is 13.1. The minimum Gasteiger partial charge on any atom is -0.326 e. The van der Waals surface area contributed by atoms with Crippen molar-refractivity contribution < 1.29 is 0 Å². The molecule has 1 aromatic heterocycles. The Hall–Kier alpha value is -2.10. The summed E-state index contributed by atoms with van der Waals surface area (Å²) in [6.45, 7) is 6.04. The van der Waals surface area contributed by atoms with Crippen LogP contribution in [-0.2, 0) is 0 Å². The zero-order valence-electron chi connectivity index (χ0n) is 10.8. The van der Waals surface area contributed by atoms with E-state index in [1.807, 2.05) is 45.0 Å². The van der Waals surface area contributed by atoms with Crippen molar-refractivity contribution in [1.82, 2.24) is 9.97 Å². The monoisotopic (exact) mass is 243 g/mol. The number of rotatable bonds is 3. The molecule has 1 heterocycles. The van der Waals surface area contributed by atoms with Gasteiger partial charge in [0.25, 0.3) is 5.56 Å². The highest BCUT2D eigenvalue weighted by molar-refractivity contribution is 5.54. The van der Waals surface area contributed by atoms with Crippen molar-refractivity contribution in [3.8, 4) is 0 Å². The second-order valence-electron chi connectivity index (χ2n) is 4.67. The first-order valence-corrected chi connectivity index (χ1v) is 5.99. The molecule has 2 aromatic rings. The van der Waals surface area contributed by atoms with Gasteiger partial charge in [-0.25, -0.2) is 4.98 Å². The van der Waals surface area contributed by atoms with E-state index in [0.29, 0.717) is 5.95 Å². The van der Waals surface area contributed by atoms with Gasteiger partial charge in [-0.3, -0.25) is 9.78 Å². The summed E-state index contributed by atoms with van der Waals surface area (Å²) in [5.74, 6) is 0.710. The molecule has 0 aliphatic heterocycles. The highest BCUT2D eigenvalue weighted by Gasteiger charge is 2.05. The summed E-state index contributed by atoms with van der Waals surface area (Å²) < 4.78 is 0. The Labute approximate surface area is 106 Å². The van der Waals surface area contributed by atoms with Crippen LogP contribution in [0.25, 0.3) is 0 Å². The summed E-state index contributed by atoms with van der Waals surface area (Å²) in [5, 5.41) is 3.11. The first kappa shape index (κ1) is 12.4. The number of benzene rings is 1. The standard InChI is InChI=1S/C14H17N3O/c1-9(2)12-8-13(18)17-14(16-12)15-11-6-4-5-10(3)7-11/h4-9H,1-3H3,(H2,15,16,17,18). The molecule has 0 amide bonds. The van der Waals surface area contributed by atoms with Gasteiger partial charge in [0, 0.05) is 11.8 Å². The number of nitrogens with one attached hydrogen (secondary N) is 2. The van der Waals surface area contributed by atoms with Crippen molar-refractivity contribution in [2.75, 3.05) is 5.32 Å². The first-order valence-electron chi connectivity index (χ1n) is 5.99. The molecule has 2 rings (SSSR count). The van der Waals surface area contributed by atoms with Gasteiger partial charge < -0.3 is 5.32 Å². The Balaban J connectivity index is 2.32. The van der Waals surface area contributed by atoms with Crippen LogP contribution in [0.2, 0.25) is 0 Å². The molecule has 0 fully saturated rings. The predicted molar refractivity (Wildman–Crippen MR) is 73.4 cm³/mol. The van der Waals surface area contributed by atoms with E-state index in [0.717, 1.165) is 16.9 Å². The van der Waals surface area contributed by atoms with Gasteiger partial charge >= 0.3 is 0 Å². The van der Waals surface area contributed by atoms with Gasteiger partial charge in [0.2, 0.25) is 5.95 Å². The molecular weight excluding hydrogens is 226 g/mol. The molecule has 1 aromatic carbocycles. The molecule has 0 unspecified atom stereocenters. The average Bonchev–Trinajstić information content (AvgIpc) is 2.28. The van der Waals surface area contributed by atoms with Gasteiger partial charge in [-0.2, -0.15) is 0 Å². The summed E-state index contributed by atoms with van der Waals surface area (Å²) in [5.41, 5.74) is 2.72. The van der Waals surface area contributed by atoms with E-state index in [9.17, 15) is 4.79 Å². The topological polar surface area (TPSA) is 57.8 Å². The minimum absolute atomic E-state index is 0.135. The van der Waals surface area contributed by atoms with Crippen LogP contribution in [0.1, 0.15) is 31.0 Å². The molecule has 0 aliphatic rings. The van der Waals surface area contributed by atoms with Crippen molar-refractivity contribution in [1.29, 1.82) is 0 Å². The maximum absolute atomic E-state index is 11.5. The molecule has 4 heteroatoms. The zero-order valence-corrected chi connectivity index (χ0v) is 10.8. The molecule has 0 aliphatic carbocycles. The molecular formula is C14H17N3O. The Kier molecular flexibility index (Phi) is 3.46. The Morgan fingerprint density at radius 3 is 2.72 bits per heavy atom. The van der Waals surface area contributed by atoms with E-state index in [2.05, 4.69) is 15.3 Å². The van der Waals surface area contributed by atoms with E-state index < -0.39 is 0 Å². The van der Waals surface area contributed by atoms with Crippen LogP contribution in [0, 0.1) is 6.92 Å². The summed E-state index contributed by atoms with van der Waals surface area (Å²) in [4.78, 5) is 18.6. The van der Waals surface area contributed by atoms with Gasteiger partial charge in [0.15, 0.2) is 0 Å². The summed E-state index contributed by atoms with van der Waals surface area (Å²) in [6, 6.07) is 9.46. The highest BCUT2D eigenvalue weighted by Crippen LogP contribution is 2.15. The van der Waals surface area contributed by atoms with Crippen molar-refractivity contribution in [2.24, 2.45) is 0 Å². The van der Waals surface area contributed by atoms with Crippen molar-refractivity contribution in [3.63, 3.8) is 0 Å². The van der Waals surface area contributed by atoms with Crippen molar-refractivity contribution in [2.45, 2.75) is 26.7 Å². The Morgan fingerprint density at radius 2 is 2.06 bits per heavy atom. The lowest BCUT2D eigenvalue weighted by Crippen LogP contribution is -2.12. The third-order valence-corrected chi connectivity index (χ3v) is 2.63. The van der Waals surface area contributed by atoms with Crippen LogP contribution in [0.4, 0.5) is 11.6 Å². The van der Waals surface area contributed by atoms with Crippen molar-refractivity contribution >= 4 is 11.6 Å². The maximum Gasteiger partial charge on any atom is 0.252 e. The second kappa shape index (κ2) is 5.04. The number of H-pyrrole nitrogens is 1. The number of aromatic nitrogens is 2. The fourth-order valence-electron chi connectivity index (χ4n) is 1.69. The predicted octanol–water partition coefficient (Wildman–Crippen LogP) is 2.95. The molecule has 18 heavy (non-hydrogen) atoms.